The van der Waals surface area contributed by atoms with Gasteiger partial charge in [-0.25, -0.2) is 0 Å². The third-order valence-corrected chi connectivity index (χ3v) is 6.37. The third kappa shape index (κ3) is 3.72. The number of esters is 1. The molecular weight excluding hydrogens is 398 g/mol. The minimum absolute atomic E-state index is 0.0481. The van der Waals surface area contributed by atoms with Crippen LogP contribution in [0.4, 0.5) is 0 Å². The number of benzene rings is 2. The number of hydrogen-bond donors (Lipinski definition) is 0. The number of aryl methyl sites for hydroxylation is 1. The van der Waals surface area contributed by atoms with Crippen molar-refractivity contribution in [1.82, 2.24) is 0 Å². The summed E-state index contributed by atoms with van der Waals surface area (Å²) in [4.78, 5) is 30.8. The smallest absolute Gasteiger partial charge is 0.315 e. The molecular formula is C25H24ClNO3. The quantitative estimate of drug-likeness (QED) is 0.624. The van der Waals surface area contributed by atoms with E-state index in [0.717, 1.165) is 22.4 Å². The highest BCUT2D eigenvalue weighted by Gasteiger charge is 2.44. The van der Waals surface area contributed by atoms with Crippen molar-refractivity contribution in [1.29, 1.82) is 0 Å². The number of carbonyl (C=O) groups excluding carboxylic acids is 2. The summed E-state index contributed by atoms with van der Waals surface area (Å²) >= 11 is 6.02. The Labute approximate surface area is 181 Å². The maximum atomic E-state index is 13.4. The summed E-state index contributed by atoms with van der Waals surface area (Å²) in [5, 5.41) is 0.674. The first-order valence-electron chi connectivity index (χ1n) is 10.1. The molecule has 4 nitrogen and oxygen atoms in total. The van der Waals surface area contributed by atoms with Crippen LogP contribution in [-0.4, -0.2) is 24.6 Å². The highest BCUT2D eigenvalue weighted by Crippen LogP contribution is 2.46. The Morgan fingerprint density at radius 1 is 1.00 bits per heavy atom. The lowest BCUT2D eigenvalue weighted by Crippen LogP contribution is -2.37. The number of aliphatic imine (C=N–C) groups is 1. The van der Waals surface area contributed by atoms with Crippen LogP contribution in [-0.2, 0) is 14.3 Å². The van der Waals surface area contributed by atoms with Gasteiger partial charge in [0.05, 0.1) is 7.11 Å². The van der Waals surface area contributed by atoms with Gasteiger partial charge in [-0.1, -0.05) is 53.6 Å². The van der Waals surface area contributed by atoms with Gasteiger partial charge in [-0.2, -0.15) is 0 Å². The number of allylic oxidation sites excluding steroid dienone is 2. The molecule has 30 heavy (non-hydrogen) atoms. The molecule has 1 aliphatic carbocycles. The second-order valence-electron chi connectivity index (χ2n) is 8.08. The Morgan fingerprint density at radius 2 is 1.63 bits per heavy atom. The highest BCUT2D eigenvalue weighted by molar-refractivity contribution is 6.30. The van der Waals surface area contributed by atoms with E-state index in [1.54, 1.807) is 0 Å². The fraction of sp³-hybridized carbons (Fsp3) is 0.320. The number of ketones is 1. The summed E-state index contributed by atoms with van der Waals surface area (Å²) in [6.45, 7) is 3.87. The molecule has 5 heteroatoms. The van der Waals surface area contributed by atoms with Crippen molar-refractivity contribution in [2.45, 2.75) is 38.5 Å². The van der Waals surface area contributed by atoms with E-state index in [9.17, 15) is 9.59 Å². The average molecular weight is 422 g/mol. The molecule has 3 unspecified atom stereocenters. The van der Waals surface area contributed by atoms with E-state index in [0.29, 0.717) is 29.1 Å². The number of Topliss-reactive ketones (excluding diaryl/α,β-unsaturated/α-hetero) is 1. The third-order valence-electron chi connectivity index (χ3n) is 6.12. The van der Waals surface area contributed by atoms with Gasteiger partial charge in [-0.3, -0.25) is 14.6 Å². The van der Waals surface area contributed by atoms with E-state index in [4.69, 9.17) is 21.3 Å². The molecule has 0 aromatic heterocycles. The molecule has 0 radical (unpaired) electrons. The molecule has 2 aliphatic rings. The largest absolute Gasteiger partial charge is 0.468 e. The lowest BCUT2D eigenvalue weighted by Gasteiger charge is -2.36. The Bertz CT molecular complexity index is 1050. The summed E-state index contributed by atoms with van der Waals surface area (Å²) in [5.74, 6) is -1.22. The molecule has 0 fully saturated rings. The van der Waals surface area contributed by atoms with Crippen LogP contribution in [0.15, 0.2) is 64.8 Å². The van der Waals surface area contributed by atoms with Crippen molar-refractivity contribution in [3.63, 3.8) is 0 Å². The molecule has 0 amide bonds. The molecule has 1 aliphatic heterocycles. The average Bonchev–Trinajstić information content (AvgIpc) is 2.73. The lowest BCUT2D eigenvalue weighted by molar-refractivity contribution is -0.143. The molecule has 2 aromatic rings. The number of methoxy groups -OCH3 is 1. The van der Waals surface area contributed by atoms with Gasteiger partial charge in [0.1, 0.15) is 5.92 Å². The molecule has 154 valence electrons. The van der Waals surface area contributed by atoms with Gasteiger partial charge in [0, 0.05) is 34.3 Å². The molecule has 0 bridgehead atoms. The summed E-state index contributed by atoms with van der Waals surface area (Å²) in [5.41, 5.74) is 5.28. The zero-order valence-corrected chi connectivity index (χ0v) is 18.1. The SMILES string of the molecule is COC(=O)C1C(C)=NC2=C(C(=O)CC(c3ccc(Cl)cc3)C2)C1c1ccc(C)cc1. The van der Waals surface area contributed by atoms with Crippen molar-refractivity contribution in [2.24, 2.45) is 10.9 Å². The molecule has 0 N–H and O–H groups in total. The van der Waals surface area contributed by atoms with Crippen LogP contribution >= 0.6 is 11.6 Å². The van der Waals surface area contributed by atoms with Gasteiger partial charge in [0.15, 0.2) is 5.78 Å². The van der Waals surface area contributed by atoms with E-state index in [1.807, 2.05) is 62.4 Å². The monoisotopic (exact) mass is 421 g/mol. The van der Waals surface area contributed by atoms with Gasteiger partial charge < -0.3 is 4.74 Å². The predicted octanol–water partition coefficient (Wildman–Crippen LogP) is 5.40. The predicted molar refractivity (Wildman–Crippen MR) is 118 cm³/mol. The zero-order chi connectivity index (χ0) is 21.4. The van der Waals surface area contributed by atoms with Crippen molar-refractivity contribution in [3.8, 4) is 0 Å². The number of halogens is 1. The Hall–Kier alpha value is -2.72. The van der Waals surface area contributed by atoms with Crippen molar-refractivity contribution in [2.75, 3.05) is 7.11 Å². The number of ether oxygens (including phenoxy) is 1. The van der Waals surface area contributed by atoms with Gasteiger partial charge in [-0.05, 0) is 49.4 Å². The first kappa shape index (κ1) is 20.5. The van der Waals surface area contributed by atoms with E-state index in [-0.39, 0.29) is 23.6 Å². The molecule has 3 atom stereocenters. The molecule has 0 saturated heterocycles. The van der Waals surface area contributed by atoms with Crippen LogP contribution < -0.4 is 0 Å². The summed E-state index contributed by atoms with van der Waals surface area (Å²) in [7, 11) is 1.38. The fourth-order valence-electron chi connectivity index (χ4n) is 4.60. The van der Waals surface area contributed by atoms with Gasteiger partial charge in [-0.15, -0.1) is 0 Å². The van der Waals surface area contributed by atoms with Crippen LogP contribution in [0, 0.1) is 12.8 Å². The molecule has 0 spiro atoms. The molecule has 2 aromatic carbocycles. The molecule has 4 rings (SSSR count). The topological polar surface area (TPSA) is 55.7 Å². The van der Waals surface area contributed by atoms with Crippen LogP contribution in [0.5, 0.6) is 0 Å². The van der Waals surface area contributed by atoms with Crippen LogP contribution in [0.3, 0.4) is 0 Å². The maximum absolute atomic E-state index is 13.4. The maximum Gasteiger partial charge on any atom is 0.315 e. The van der Waals surface area contributed by atoms with Crippen molar-refractivity contribution in [3.05, 3.63) is 81.5 Å². The zero-order valence-electron chi connectivity index (χ0n) is 17.3. The van der Waals surface area contributed by atoms with Crippen LogP contribution in [0.1, 0.15) is 48.3 Å². The summed E-state index contributed by atoms with van der Waals surface area (Å²) in [6, 6.07) is 15.7. The summed E-state index contributed by atoms with van der Waals surface area (Å²) in [6.07, 6.45) is 1.06. The fourth-order valence-corrected chi connectivity index (χ4v) is 4.72. The first-order chi connectivity index (χ1) is 14.4. The van der Waals surface area contributed by atoms with Crippen LogP contribution in [0.2, 0.25) is 5.02 Å². The Morgan fingerprint density at radius 3 is 2.27 bits per heavy atom. The van der Waals surface area contributed by atoms with Crippen LogP contribution in [0.25, 0.3) is 0 Å². The van der Waals surface area contributed by atoms with Gasteiger partial charge in [0.2, 0.25) is 0 Å². The normalized spacial score (nSPS) is 23.7. The van der Waals surface area contributed by atoms with Crippen molar-refractivity contribution < 1.29 is 14.3 Å². The number of carbonyl (C=O) groups is 2. The van der Waals surface area contributed by atoms with E-state index >= 15 is 0 Å². The van der Waals surface area contributed by atoms with E-state index < -0.39 is 5.92 Å². The summed E-state index contributed by atoms with van der Waals surface area (Å²) < 4.78 is 5.09. The van der Waals surface area contributed by atoms with E-state index in [1.165, 1.54) is 7.11 Å². The van der Waals surface area contributed by atoms with Gasteiger partial charge in [0.25, 0.3) is 0 Å². The highest BCUT2D eigenvalue weighted by atomic mass is 35.5. The second kappa shape index (κ2) is 8.19. The second-order valence-corrected chi connectivity index (χ2v) is 8.52. The minimum Gasteiger partial charge on any atom is -0.468 e. The molecule has 0 saturated carbocycles. The lowest BCUT2D eigenvalue weighted by atomic mass is 9.69. The van der Waals surface area contributed by atoms with E-state index in [2.05, 4.69) is 0 Å². The Balaban J connectivity index is 1.79. The molecule has 1 heterocycles. The first-order valence-corrected chi connectivity index (χ1v) is 10.5. The standard InChI is InChI=1S/C25H24ClNO3/c1-14-4-6-17(7-5-14)23-22(25(29)30-3)15(2)27-20-12-18(13-21(28)24(20)23)16-8-10-19(26)11-9-16/h4-11,18,22-23H,12-13H2,1-3H3. The Kier molecular flexibility index (Phi) is 5.61. The van der Waals surface area contributed by atoms with Gasteiger partial charge >= 0.3 is 5.97 Å². The number of hydrogen-bond acceptors (Lipinski definition) is 4. The number of nitrogens with zero attached hydrogens (tertiary/aromatic N) is 1. The minimum atomic E-state index is -0.590. The van der Waals surface area contributed by atoms with Crippen molar-refractivity contribution >= 4 is 29.1 Å². The number of rotatable bonds is 3.